The molecule has 3 heteroatoms. The Hall–Kier alpha value is -0.880. The number of pyridine rings is 1. The van der Waals surface area contributed by atoms with Crippen molar-refractivity contribution >= 4 is 15.9 Å². The summed E-state index contributed by atoms with van der Waals surface area (Å²) < 4.78 is 0.950. The van der Waals surface area contributed by atoms with Crippen LogP contribution in [-0.4, -0.2) is 4.98 Å². The molecule has 14 heavy (non-hydrogen) atoms. The predicted molar refractivity (Wildman–Crippen MR) is 59.9 cm³/mol. The van der Waals surface area contributed by atoms with Gasteiger partial charge in [0, 0.05) is 10.7 Å². The van der Waals surface area contributed by atoms with Gasteiger partial charge in [0.05, 0.1) is 17.2 Å². The largest absolute Gasteiger partial charge is 0.258 e. The highest BCUT2D eigenvalue weighted by molar-refractivity contribution is 9.10. The van der Waals surface area contributed by atoms with Gasteiger partial charge in [-0.3, -0.25) is 4.98 Å². The topological polar surface area (TPSA) is 36.7 Å². The number of rotatable bonds is 2. The summed E-state index contributed by atoms with van der Waals surface area (Å²) in [6, 6.07) is 4.25. The molecule has 0 spiro atoms. The molecule has 1 aromatic heterocycles. The first-order valence-corrected chi connectivity index (χ1v) is 5.37. The van der Waals surface area contributed by atoms with Gasteiger partial charge < -0.3 is 0 Å². The standard InChI is InChI=1S/C11H13BrN2/c1-4-11(3,7-13)10-9(12)8(2)5-6-14-10/h5-6H,4H2,1-3H3. The van der Waals surface area contributed by atoms with E-state index in [0.717, 1.165) is 22.2 Å². The molecule has 2 nitrogen and oxygen atoms in total. The van der Waals surface area contributed by atoms with Crippen LogP contribution >= 0.6 is 15.9 Å². The second-order valence-corrected chi connectivity index (χ2v) is 4.38. The number of halogens is 1. The van der Waals surface area contributed by atoms with E-state index < -0.39 is 5.41 Å². The van der Waals surface area contributed by atoms with E-state index >= 15 is 0 Å². The van der Waals surface area contributed by atoms with Crippen molar-refractivity contribution in [3.05, 3.63) is 28.0 Å². The lowest BCUT2D eigenvalue weighted by Crippen LogP contribution is -2.20. The Morgan fingerprint density at radius 3 is 2.79 bits per heavy atom. The summed E-state index contributed by atoms with van der Waals surface area (Å²) in [4.78, 5) is 4.28. The summed E-state index contributed by atoms with van der Waals surface area (Å²) in [5.74, 6) is 0. The van der Waals surface area contributed by atoms with Crippen LogP contribution in [0.25, 0.3) is 0 Å². The Labute approximate surface area is 93.1 Å². The molecule has 74 valence electrons. The summed E-state index contributed by atoms with van der Waals surface area (Å²) in [6.07, 6.45) is 2.51. The second kappa shape index (κ2) is 4.10. The molecule has 0 N–H and O–H groups in total. The first-order chi connectivity index (χ1) is 6.55. The molecule has 1 heterocycles. The molecule has 1 rings (SSSR count). The van der Waals surface area contributed by atoms with Crippen LogP contribution in [0.3, 0.4) is 0 Å². The van der Waals surface area contributed by atoms with Crippen molar-refractivity contribution in [2.75, 3.05) is 0 Å². The van der Waals surface area contributed by atoms with Gasteiger partial charge in [0.2, 0.25) is 0 Å². The third-order valence-electron chi connectivity index (χ3n) is 2.56. The number of aryl methyl sites for hydroxylation is 1. The van der Waals surface area contributed by atoms with E-state index in [1.165, 1.54) is 0 Å². The van der Waals surface area contributed by atoms with Crippen LogP contribution < -0.4 is 0 Å². The van der Waals surface area contributed by atoms with E-state index in [9.17, 15) is 0 Å². The number of aromatic nitrogens is 1. The SMILES string of the molecule is CCC(C)(C#N)c1nccc(C)c1Br. The lowest BCUT2D eigenvalue weighted by molar-refractivity contribution is 0.564. The fourth-order valence-corrected chi connectivity index (χ4v) is 1.90. The lowest BCUT2D eigenvalue weighted by Gasteiger charge is -2.20. The Morgan fingerprint density at radius 1 is 1.64 bits per heavy atom. The van der Waals surface area contributed by atoms with Gasteiger partial charge in [0.25, 0.3) is 0 Å². The quantitative estimate of drug-likeness (QED) is 0.810. The van der Waals surface area contributed by atoms with Gasteiger partial charge in [-0.2, -0.15) is 5.26 Å². The van der Waals surface area contributed by atoms with E-state index in [0.29, 0.717) is 0 Å². The average Bonchev–Trinajstić information content (AvgIpc) is 2.21. The molecule has 0 radical (unpaired) electrons. The van der Waals surface area contributed by atoms with Gasteiger partial charge in [-0.1, -0.05) is 6.92 Å². The maximum atomic E-state index is 9.14. The Balaban J connectivity index is 3.33. The fourth-order valence-electron chi connectivity index (χ4n) is 1.22. The first-order valence-electron chi connectivity index (χ1n) is 4.58. The average molecular weight is 253 g/mol. The second-order valence-electron chi connectivity index (χ2n) is 3.59. The molecule has 0 aliphatic heterocycles. The van der Waals surface area contributed by atoms with Crippen molar-refractivity contribution in [2.24, 2.45) is 0 Å². The maximum absolute atomic E-state index is 9.14. The molecule has 0 bridgehead atoms. The summed E-state index contributed by atoms with van der Waals surface area (Å²) in [5, 5.41) is 9.14. The highest BCUT2D eigenvalue weighted by atomic mass is 79.9. The van der Waals surface area contributed by atoms with Crippen LogP contribution in [0.2, 0.25) is 0 Å². The zero-order chi connectivity index (χ0) is 10.8. The minimum Gasteiger partial charge on any atom is -0.258 e. The maximum Gasteiger partial charge on any atom is 0.0974 e. The van der Waals surface area contributed by atoms with Gasteiger partial charge in [0.15, 0.2) is 0 Å². The molecule has 1 unspecified atom stereocenters. The van der Waals surface area contributed by atoms with Gasteiger partial charge in [-0.25, -0.2) is 0 Å². The molecular formula is C11H13BrN2. The van der Waals surface area contributed by atoms with Gasteiger partial charge in [-0.15, -0.1) is 0 Å². The van der Waals surface area contributed by atoms with Crippen molar-refractivity contribution in [3.8, 4) is 6.07 Å². The minimum absolute atomic E-state index is 0.495. The summed E-state index contributed by atoms with van der Waals surface area (Å²) >= 11 is 3.48. The molecule has 1 aromatic rings. The zero-order valence-electron chi connectivity index (χ0n) is 8.63. The molecule has 0 saturated heterocycles. The van der Waals surface area contributed by atoms with E-state index in [1.807, 2.05) is 26.8 Å². The van der Waals surface area contributed by atoms with Crippen molar-refractivity contribution in [1.29, 1.82) is 5.26 Å². The van der Waals surface area contributed by atoms with Gasteiger partial charge >= 0.3 is 0 Å². The minimum atomic E-state index is -0.495. The first kappa shape index (κ1) is 11.2. The van der Waals surface area contributed by atoms with Crippen molar-refractivity contribution in [1.82, 2.24) is 4.98 Å². The fraction of sp³-hybridized carbons (Fsp3) is 0.455. The van der Waals surface area contributed by atoms with E-state index in [4.69, 9.17) is 5.26 Å². The number of nitriles is 1. The lowest BCUT2D eigenvalue weighted by atomic mass is 9.85. The molecular weight excluding hydrogens is 240 g/mol. The zero-order valence-corrected chi connectivity index (χ0v) is 10.2. The number of nitrogens with zero attached hydrogens (tertiary/aromatic N) is 2. The van der Waals surface area contributed by atoms with Gasteiger partial charge in [-0.05, 0) is 47.8 Å². The van der Waals surface area contributed by atoms with Crippen LogP contribution in [0.4, 0.5) is 0 Å². The summed E-state index contributed by atoms with van der Waals surface area (Å²) in [6.45, 7) is 5.92. The van der Waals surface area contributed by atoms with Crippen LogP contribution in [-0.2, 0) is 5.41 Å². The Kier molecular flexibility index (Phi) is 3.28. The molecule has 0 fully saturated rings. The molecule has 0 aliphatic carbocycles. The molecule has 0 saturated carbocycles. The van der Waals surface area contributed by atoms with Crippen molar-refractivity contribution in [2.45, 2.75) is 32.6 Å². The summed E-state index contributed by atoms with van der Waals surface area (Å²) in [7, 11) is 0. The number of hydrogen-bond acceptors (Lipinski definition) is 2. The molecule has 0 aromatic carbocycles. The third-order valence-corrected chi connectivity index (χ3v) is 3.56. The van der Waals surface area contributed by atoms with E-state index in [-0.39, 0.29) is 0 Å². The molecule has 0 amide bonds. The van der Waals surface area contributed by atoms with Crippen molar-refractivity contribution < 1.29 is 0 Å². The highest BCUT2D eigenvalue weighted by Gasteiger charge is 2.28. The normalized spacial score (nSPS) is 14.5. The molecule has 1 atom stereocenters. The summed E-state index contributed by atoms with van der Waals surface area (Å²) in [5.41, 5.74) is 1.46. The Bertz CT molecular complexity index is 381. The smallest absolute Gasteiger partial charge is 0.0974 e. The Morgan fingerprint density at radius 2 is 2.29 bits per heavy atom. The van der Waals surface area contributed by atoms with Crippen molar-refractivity contribution in [3.63, 3.8) is 0 Å². The monoisotopic (exact) mass is 252 g/mol. The van der Waals surface area contributed by atoms with E-state index in [1.54, 1.807) is 6.20 Å². The third kappa shape index (κ3) is 1.80. The predicted octanol–water partition coefficient (Wildman–Crippen LogP) is 3.34. The van der Waals surface area contributed by atoms with E-state index in [2.05, 4.69) is 27.0 Å². The van der Waals surface area contributed by atoms with Crippen LogP contribution in [0, 0.1) is 18.3 Å². The highest BCUT2D eigenvalue weighted by Crippen LogP contribution is 2.32. The number of hydrogen-bond donors (Lipinski definition) is 0. The van der Waals surface area contributed by atoms with Crippen LogP contribution in [0.1, 0.15) is 31.5 Å². The van der Waals surface area contributed by atoms with Gasteiger partial charge in [0.1, 0.15) is 0 Å². The van der Waals surface area contributed by atoms with Crippen LogP contribution in [0.15, 0.2) is 16.7 Å². The van der Waals surface area contributed by atoms with Crippen LogP contribution in [0.5, 0.6) is 0 Å². The molecule has 0 aliphatic rings.